The van der Waals surface area contributed by atoms with E-state index in [4.69, 9.17) is 5.73 Å². The van der Waals surface area contributed by atoms with Gasteiger partial charge in [0.15, 0.2) is 0 Å². The van der Waals surface area contributed by atoms with Crippen molar-refractivity contribution in [3.63, 3.8) is 0 Å². The predicted octanol–water partition coefficient (Wildman–Crippen LogP) is 4.99. The average Bonchev–Trinajstić information content (AvgIpc) is 2.83. The molecule has 0 aromatic carbocycles. The molecule has 4 unspecified atom stereocenters. The molecule has 2 saturated carbocycles. The fourth-order valence-corrected chi connectivity index (χ4v) is 5.68. The van der Waals surface area contributed by atoms with Gasteiger partial charge in [0, 0.05) is 20.8 Å². The third-order valence-corrected chi connectivity index (χ3v) is 6.96. The third-order valence-electron chi connectivity index (χ3n) is 5.24. The van der Waals surface area contributed by atoms with E-state index < -0.39 is 0 Å². The summed E-state index contributed by atoms with van der Waals surface area (Å²) in [7, 11) is 0. The molecule has 106 valence electrons. The summed E-state index contributed by atoms with van der Waals surface area (Å²) in [5, 5.41) is 2.17. The van der Waals surface area contributed by atoms with Crippen molar-refractivity contribution in [2.75, 3.05) is 0 Å². The molecule has 3 heteroatoms. The normalized spacial score (nSPS) is 32.8. The molecule has 19 heavy (non-hydrogen) atoms. The molecule has 1 aromatic heterocycles. The van der Waals surface area contributed by atoms with Gasteiger partial charge in [0.1, 0.15) is 0 Å². The van der Waals surface area contributed by atoms with E-state index in [9.17, 15) is 0 Å². The smallest absolute Gasteiger partial charge is 0.0285 e. The Hall–Kier alpha value is 0.140. The average molecular weight is 342 g/mol. The minimum absolute atomic E-state index is 0.369. The van der Waals surface area contributed by atoms with Crippen LogP contribution in [0.1, 0.15) is 49.8 Å². The predicted molar refractivity (Wildman–Crippen MR) is 86.5 cm³/mol. The second kappa shape index (κ2) is 6.28. The Morgan fingerprint density at radius 3 is 2.74 bits per heavy atom. The Kier molecular flexibility index (Phi) is 4.66. The summed E-state index contributed by atoms with van der Waals surface area (Å²) in [6, 6.07) is 2.60. The zero-order chi connectivity index (χ0) is 13.2. The molecular weight excluding hydrogens is 318 g/mol. The van der Waals surface area contributed by atoms with Gasteiger partial charge in [0.25, 0.3) is 0 Å². The van der Waals surface area contributed by atoms with Crippen LogP contribution < -0.4 is 5.73 Å². The molecule has 3 rings (SSSR count). The molecule has 2 aliphatic carbocycles. The molecule has 2 N–H and O–H groups in total. The highest BCUT2D eigenvalue weighted by Crippen LogP contribution is 2.43. The number of fused-ring (bicyclic) bond motifs is 1. The van der Waals surface area contributed by atoms with E-state index in [0.717, 1.165) is 24.2 Å². The molecule has 1 nitrogen and oxygen atoms in total. The number of thiophene rings is 1. The zero-order valence-corrected chi connectivity index (χ0v) is 13.9. The lowest BCUT2D eigenvalue weighted by Gasteiger charge is -2.41. The topological polar surface area (TPSA) is 26.0 Å². The van der Waals surface area contributed by atoms with Crippen molar-refractivity contribution in [3.05, 3.63) is 20.8 Å². The molecule has 2 aliphatic rings. The van der Waals surface area contributed by atoms with E-state index in [0.29, 0.717) is 6.04 Å². The van der Waals surface area contributed by atoms with Crippen LogP contribution in [0.3, 0.4) is 0 Å². The lowest BCUT2D eigenvalue weighted by molar-refractivity contribution is 0.117. The summed E-state index contributed by atoms with van der Waals surface area (Å²) >= 11 is 5.37. The van der Waals surface area contributed by atoms with Crippen molar-refractivity contribution >= 4 is 27.3 Å². The van der Waals surface area contributed by atoms with Gasteiger partial charge in [-0.3, -0.25) is 0 Å². The Balaban J connectivity index is 1.56. The monoisotopic (exact) mass is 341 g/mol. The summed E-state index contributed by atoms with van der Waals surface area (Å²) in [6.45, 7) is 0. The van der Waals surface area contributed by atoms with Crippen molar-refractivity contribution in [1.29, 1.82) is 0 Å². The minimum Gasteiger partial charge on any atom is -0.327 e. The summed E-state index contributed by atoms with van der Waals surface area (Å²) in [6.07, 6.45) is 11.2. The minimum atomic E-state index is 0.369. The summed E-state index contributed by atoms with van der Waals surface area (Å²) in [4.78, 5) is 1.44. The Bertz CT molecular complexity index is 417. The molecule has 0 bridgehead atoms. The fourth-order valence-electron chi connectivity index (χ4n) is 4.16. The maximum Gasteiger partial charge on any atom is 0.0285 e. The Labute approximate surface area is 129 Å². The quantitative estimate of drug-likeness (QED) is 0.823. The van der Waals surface area contributed by atoms with E-state index >= 15 is 0 Å². The van der Waals surface area contributed by atoms with Crippen LogP contribution in [0.4, 0.5) is 0 Å². The van der Waals surface area contributed by atoms with E-state index in [-0.39, 0.29) is 0 Å². The first-order valence-electron chi connectivity index (χ1n) is 7.71. The zero-order valence-electron chi connectivity index (χ0n) is 11.5. The first kappa shape index (κ1) is 14.1. The highest BCUT2D eigenvalue weighted by Gasteiger charge is 2.34. The van der Waals surface area contributed by atoms with Gasteiger partial charge < -0.3 is 5.73 Å². The lowest BCUT2D eigenvalue weighted by Crippen LogP contribution is -2.38. The van der Waals surface area contributed by atoms with Crippen molar-refractivity contribution in [3.8, 4) is 0 Å². The van der Waals surface area contributed by atoms with E-state index in [2.05, 4.69) is 27.4 Å². The van der Waals surface area contributed by atoms with Crippen LogP contribution in [0.25, 0.3) is 0 Å². The highest BCUT2D eigenvalue weighted by molar-refractivity contribution is 9.10. The standard InChI is InChI=1S/C16H24BrNS/c17-14-8-15(19-10-14)9-16(18)13-6-5-11-3-1-2-4-12(11)7-13/h8,10-13,16H,1-7,9,18H2. The summed E-state index contributed by atoms with van der Waals surface area (Å²) in [5.74, 6) is 2.79. The van der Waals surface area contributed by atoms with Crippen LogP contribution >= 0.6 is 27.3 Å². The van der Waals surface area contributed by atoms with Gasteiger partial charge in [-0.1, -0.05) is 25.7 Å². The molecule has 4 atom stereocenters. The van der Waals surface area contributed by atoms with Crippen molar-refractivity contribution in [2.24, 2.45) is 23.5 Å². The van der Waals surface area contributed by atoms with Gasteiger partial charge >= 0.3 is 0 Å². The summed E-state index contributed by atoms with van der Waals surface area (Å²) in [5.41, 5.74) is 6.50. The molecule has 0 spiro atoms. The van der Waals surface area contributed by atoms with Crippen molar-refractivity contribution in [2.45, 2.75) is 57.4 Å². The number of rotatable bonds is 3. The van der Waals surface area contributed by atoms with Gasteiger partial charge in [-0.25, -0.2) is 0 Å². The molecule has 0 radical (unpaired) electrons. The first-order valence-corrected chi connectivity index (χ1v) is 9.38. The van der Waals surface area contributed by atoms with Crippen LogP contribution in [0, 0.1) is 17.8 Å². The molecule has 0 amide bonds. The van der Waals surface area contributed by atoms with Gasteiger partial charge in [-0.05, 0) is 65.4 Å². The van der Waals surface area contributed by atoms with Crippen LogP contribution in [0.15, 0.2) is 15.9 Å². The van der Waals surface area contributed by atoms with E-state index in [1.165, 1.54) is 54.3 Å². The maximum absolute atomic E-state index is 6.50. The van der Waals surface area contributed by atoms with Gasteiger partial charge in [0.2, 0.25) is 0 Å². The number of hydrogen-bond donors (Lipinski definition) is 1. The highest BCUT2D eigenvalue weighted by atomic mass is 79.9. The van der Waals surface area contributed by atoms with Crippen LogP contribution in [0.5, 0.6) is 0 Å². The molecule has 0 saturated heterocycles. The number of halogens is 1. The number of hydrogen-bond acceptors (Lipinski definition) is 2. The lowest BCUT2D eigenvalue weighted by atomic mass is 9.66. The van der Waals surface area contributed by atoms with Gasteiger partial charge in [-0.2, -0.15) is 0 Å². The summed E-state index contributed by atoms with van der Waals surface area (Å²) < 4.78 is 1.20. The second-order valence-corrected chi connectivity index (χ2v) is 8.39. The number of nitrogens with two attached hydrogens (primary N) is 1. The molecule has 0 aliphatic heterocycles. The molecule has 1 aromatic rings. The first-order chi connectivity index (χ1) is 9.22. The van der Waals surface area contributed by atoms with Gasteiger partial charge in [-0.15, -0.1) is 11.3 Å². The van der Waals surface area contributed by atoms with Gasteiger partial charge in [0.05, 0.1) is 0 Å². The molecular formula is C16H24BrNS. The fraction of sp³-hybridized carbons (Fsp3) is 0.750. The van der Waals surface area contributed by atoms with Crippen molar-refractivity contribution in [1.82, 2.24) is 0 Å². The van der Waals surface area contributed by atoms with Crippen LogP contribution in [-0.2, 0) is 6.42 Å². The Morgan fingerprint density at radius 2 is 2.00 bits per heavy atom. The second-order valence-electron chi connectivity index (χ2n) is 6.48. The van der Waals surface area contributed by atoms with Crippen LogP contribution in [0.2, 0.25) is 0 Å². The SMILES string of the molecule is NC(Cc1cc(Br)cs1)C1CCC2CCCCC2C1. The molecule has 2 fully saturated rings. The molecule has 1 heterocycles. The van der Waals surface area contributed by atoms with E-state index in [1.807, 2.05) is 11.3 Å². The largest absolute Gasteiger partial charge is 0.327 e. The van der Waals surface area contributed by atoms with Crippen molar-refractivity contribution < 1.29 is 0 Å². The van der Waals surface area contributed by atoms with Crippen LogP contribution in [-0.4, -0.2) is 6.04 Å². The Morgan fingerprint density at radius 1 is 1.21 bits per heavy atom. The maximum atomic E-state index is 6.50. The van der Waals surface area contributed by atoms with E-state index in [1.54, 1.807) is 0 Å². The third kappa shape index (κ3) is 3.43.